The first kappa shape index (κ1) is 19.0. The third-order valence-corrected chi connectivity index (χ3v) is 6.09. The van der Waals surface area contributed by atoms with Crippen LogP contribution in [0.3, 0.4) is 0 Å². The van der Waals surface area contributed by atoms with Gasteiger partial charge in [0, 0.05) is 0 Å². The molecule has 0 aliphatic heterocycles. The number of alkyl halides is 1. The quantitative estimate of drug-likeness (QED) is 0.689. The first-order valence-corrected chi connectivity index (χ1v) is 9.94. The molecule has 1 N–H and O–H groups in total. The van der Waals surface area contributed by atoms with Crippen molar-refractivity contribution in [2.45, 2.75) is 16.0 Å². The predicted molar refractivity (Wildman–Crippen MR) is 104 cm³/mol. The fourth-order valence-electron chi connectivity index (χ4n) is 2.76. The van der Waals surface area contributed by atoms with E-state index in [-0.39, 0.29) is 10.5 Å². The minimum absolute atomic E-state index is 0.157. The lowest BCUT2D eigenvalue weighted by Gasteiger charge is -2.29. The van der Waals surface area contributed by atoms with Crippen LogP contribution in [-0.2, 0) is 15.4 Å². The van der Waals surface area contributed by atoms with E-state index in [0.29, 0.717) is 0 Å². The summed E-state index contributed by atoms with van der Waals surface area (Å²) in [4.78, 5) is -0.181. The van der Waals surface area contributed by atoms with Crippen molar-refractivity contribution in [2.75, 3.05) is 0 Å². The van der Waals surface area contributed by atoms with Crippen molar-refractivity contribution in [2.24, 2.45) is 0 Å². The maximum atomic E-state index is 15.4. The second-order valence-electron chi connectivity index (χ2n) is 6.11. The Morgan fingerprint density at radius 3 is 1.85 bits per heavy atom. The van der Waals surface area contributed by atoms with E-state index >= 15 is 4.39 Å². The Kier molecular flexibility index (Phi) is 5.54. The van der Waals surface area contributed by atoms with E-state index in [1.165, 1.54) is 48.6 Å². The molecule has 0 radical (unpaired) electrons. The number of benzene rings is 3. The molecule has 0 saturated carbocycles. The fraction of sp³-hybridized carbons (Fsp3) is 0.0909. The van der Waals surface area contributed by atoms with Crippen LogP contribution in [0, 0.1) is 0 Å². The standard InChI is InChI=1S/C22H19FO3S/c23-21(27(25,26)20-14-8-3-9-15-20)22(24,19-12-6-2-7-13-19)17-16-18-10-4-1-5-11-18/h1-17,21,24H/b17-16+. The van der Waals surface area contributed by atoms with Crippen LogP contribution in [0.5, 0.6) is 0 Å². The third kappa shape index (κ3) is 3.99. The van der Waals surface area contributed by atoms with Crippen molar-refractivity contribution in [1.82, 2.24) is 0 Å². The highest BCUT2D eigenvalue weighted by atomic mass is 32.2. The molecule has 0 aliphatic carbocycles. The summed E-state index contributed by atoms with van der Waals surface area (Å²) in [5.41, 5.74) is -4.04. The highest BCUT2D eigenvalue weighted by molar-refractivity contribution is 7.92. The number of halogens is 1. The maximum Gasteiger partial charge on any atom is 0.241 e. The van der Waals surface area contributed by atoms with Crippen LogP contribution in [0.15, 0.2) is 102 Å². The zero-order chi connectivity index (χ0) is 19.3. The number of rotatable bonds is 6. The Morgan fingerprint density at radius 1 is 0.815 bits per heavy atom. The highest BCUT2D eigenvalue weighted by Crippen LogP contribution is 2.35. The molecule has 0 aliphatic rings. The summed E-state index contributed by atoms with van der Waals surface area (Å²) in [6, 6.07) is 24.3. The SMILES string of the molecule is O=S(=O)(c1ccccc1)C(F)C(O)(/C=C/c1ccccc1)c1ccccc1. The first-order chi connectivity index (χ1) is 12.9. The molecular weight excluding hydrogens is 363 g/mol. The molecule has 0 heterocycles. The van der Waals surface area contributed by atoms with Crippen molar-refractivity contribution in [3.05, 3.63) is 108 Å². The van der Waals surface area contributed by atoms with Crippen LogP contribution in [0.2, 0.25) is 0 Å². The summed E-state index contributed by atoms with van der Waals surface area (Å²) >= 11 is 0. The Bertz CT molecular complexity index is 1000. The van der Waals surface area contributed by atoms with Gasteiger partial charge >= 0.3 is 0 Å². The minimum atomic E-state index is -4.42. The molecule has 0 amide bonds. The van der Waals surface area contributed by atoms with Crippen LogP contribution < -0.4 is 0 Å². The van der Waals surface area contributed by atoms with Gasteiger partial charge in [0.15, 0.2) is 5.60 Å². The molecule has 27 heavy (non-hydrogen) atoms. The van der Waals surface area contributed by atoms with E-state index in [4.69, 9.17) is 0 Å². The van der Waals surface area contributed by atoms with Gasteiger partial charge in [-0.25, -0.2) is 12.8 Å². The van der Waals surface area contributed by atoms with Gasteiger partial charge in [0.1, 0.15) is 0 Å². The summed E-state index contributed by atoms with van der Waals surface area (Å²) in [6.45, 7) is 0. The molecule has 3 aromatic carbocycles. The largest absolute Gasteiger partial charge is 0.377 e. The summed E-state index contributed by atoms with van der Waals surface area (Å²) in [7, 11) is -4.42. The van der Waals surface area contributed by atoms with E-state index in [9.17, 15) is 13.5 Å². The van der Waals surface area contributed by atoms with E-state index < -0.39 is 20.9 Å². The van der Waals surface area contributed by atoms with Crippen molar-refractivity contribution in [3.8, 4) is 0 Å². The van der Waals surface area contributed by atoms with Gasteiger partial charge < -0.3 is 5.11 Å². The maximum absolute atomic E-state index is 15.4. The second kappa shape index (κ2) is 7.86. The minimum Gasteiger partial charge on any atom is -0.377 e. The third-order valence-electron chi connectivity index (χ3n) is 4.26. The normalized spacial score (nSPS) is 15.3. The Hall–Kier alpha value is -2.76. The van der Waals surface area contributed by atoms with E-state index in [1.807, 2.05) is 6.07 Å². The molecule has 3 aromatic rings. The average molecular weight is 382 g/mol. The van der Waals surface area contributed by atoms with Crippen LogP contribution in [0.4, 0.5) is 4.39 Å². The van der Waals surface area contributed by atoms with Gasteiger partial charge in [-0.1, -0.05) is 84.9 Å². The van der Waals surface area contributed by atoms with E-state index in [0.717, 1.165) is 5.56 Å². The van der Waals surface area contributed by atoms with Crippen LogP contribution >= 0.6 is 0 Å². The number of sulfone groups is 1. The van der Waals surface area contributed by atoms with Gasteiger partial charge in [0.2, 0.25) is 15.3 Å². The summed E-state index contributed by atoms with van der Waals surface area (Å²) in [5.74, 6) is 0. The van der Waals surface area contributed by atoms with Gasteiger partial charge in [0.05, 0.1) is 4.90 Å². The lowest BCUT2D eigenvalue weighted by molar-refractivity contribution is 0.0399. The monoisotopic (exact) mass is 382 g/mol. The molecule has 0 bridgehead atoms. The molecule has 0 fully saturated rings. The molecular formula is C22H19FO3S. The Morgan fingerprint density at radius 2 is 1.30 bits per heavy atom. The summed E-state index contributed by atoms with van der Waals surface area (Å²) in [6.07, 6.45) is 2.71. The van der Waals surface area contributed by atoms with Crippen molar-refractivity contribution in [1.29, 1.82) is 0 Å². The highest BCUT2D eigenvalue weighted by Gasteiger charge is 2.46. The van der Waals surface area contributed by atoms with Gasteiger partial charge in [-0.15, -0.1) is 0 Å². The smallest absolute Gasteiger partial charge is 0.241 e. The molecule has 0 spiro atoms. The van der Waals surface area contributed by atoms with Gasteiger partial charge in [-0.3, -0.25) is 0 Å². The molecule has 0 aromatic heterocycles. The van der Waals surface area contributed by atoms with Gasteiger partial charge in [0.25, 0.3) is 0 Å². The predicted octanol–water partition coefficient (Wildman–Crippen LogP) is 4.36. The summed E-state index contributed by atoms with van der Waals surface area (Å²) in [5, 5.41) is 11.2. The second-order valence-corrected chi connectivity index (χ2v) is 8.08. The zero-order valence-electron chi connectivity index (χ0n) is 14.4. The van der Waals surface area contributed by atoms with Crippen LogP contribution in [0.1, 0.15) is 11.1 Å². The molecule has 0 saturated heterocycles. The molecule has 5 heteroatoms. The molecule has 2 unspecified atom stereocenters. The molecule has 2 atom stereocenters. The average Bonchev–Trinajstić information content (AvgIpc) is 2.73. The number of hydrogen-bond donors (Lipinski definition) is 1. The number of hydrogen-bond acceptors (Lipinski definition) is 3. The molecule has 138 valence electrons. The first-order valence-electron chi connectivity index (χ1n) is 8.40. The molecule has 3 rings (SSSR count). The molecule has 3 nitrogen and oxygen atoms in total. The number of aliphatic hydroxyl groups is 1. The fourth-order valence-corrected chi connectivity index (χ4v) is 4.22. The van der Waals surface area contributed by atoms with Crippen molar-refractivity contribution < 1.29 is 17.9 Å². The van der Waals surface area contributed by atoms with E-state index in [1.54, 1.807) is 48.5 Å². The van der Waals surface area contributed by atoms with E-state index in [2.05, 4.69) is 0 Å². The topological polar surface area (TPSA) is 54.4 Å². The van der Waals surface area contributed by atoms with Crippen molar-refractivity contribution >= 4 is 15.9 Å². The van der Waals surface area contributed by atoms with Gasteiger partial charge in [-0.2, -0.15) is 0 Å². The van der Waals surface area contributed by atoms with Crippen LogP contribution in [0.25, 0.3) is 6.08 Å². The lowest BCUT2D eigenvalue weighted by atomic mass is 9.93. The summed E-state index contributed by atoms with van der Waals surface area (Å²) < 4.78 is 41.0. The van der Waals surface area contributed by atoms with Gasteiger partial charge in [-0.05, 0) is 29.3 Å². The zero-order valence-corrected chi connectivity index (χ0v) is 15.3. The van der Waals surface area contributed by atoms with Crippen molar-refractivity contribution in [3.63, 3.8) is 0 Å². The Balaban J connectivity index is 2.09. The van der Waals surface area contributed by atoms with Crippen LogP contribution in [-0.4, -0.2) is 19.0 Å². The Labute approximate surface area is 158 Å². The lowest BCUT2D eigenvalue weighted by Crippen LogP contribution is -2.40.